The zero-order valence-corrected chi connectivity index (χ0v) is 17.4. The Kier molecular flexibility index (Phi) is 6.97. The summed E-state index contributed by atoms with van der Waals surface area (Å²) >= 11 is 11.8. The van der Waals surface area contributed by atoms with Gasteiger partial charge in [0, 0.05) is 12.7 Å². The standard InChI is InChI=1S/C18H20Cl2N2O4S/c1-4-17(18(23)21-12-5-10-15(19)16(20)11-12)26-14-8-6-13(7-9-14)22(2)27(3,24)25/h5-11,17H,4H2,1-3H3,(H,21,23)/t17-/m1/s1. The molecule has 0 spiro atoms. The highest BCUT2D eigenvalue weighted by molar-refractivity contribution is 7.92. The fraction of sp³-hybridized carbons (Fsp3) is 0.278. The van der Waals surface area contributed by atoms with E-state index in [0.29, 0.717) is 33.6 Å². The maximum Gasteiger partial charge on any atom is 0.265 e. The van der Waals surface area contributed by atoms with E-state index in [1.54, 1.807) is 42.5 Å². The van der Waals surface area contributed by atoms with Crippen LogP contribution in [0.3, 0.4) is 0 Å². The van der Waals surface area contributed by atoms with Crippen LogP contribution in [0.15, 0.2) is 42.5 Å². The largest absolute Gasteiger partial charge is 0.481 e. The van der Waals surface area contributed by atoms with Crippen molar-refractivity contribution in [2.75, 3.05) is 22.9 Å². The molecule has 0 unspecified atom stereocenters. The number of benzene rings is 2. The van der Waals surface area contributed by atoms with E-state index >= 15 is 0 Å². The maximum absolute atomic E-state index is 12.5. The fourth-order valence-electron chi connectivity index (χ4n) is 2.21. The molecule has 1 N–H and O–H groups in total. The molecule has 27 heavy (non-hydrogen) atoms. The van der Waals surface area contributed by atoms with Crippen molar-refractivity contribution >= 4 is 50.5 Å². The molecule has 0 aliphatic heterocycles. The molecule has 2 rings (SSSR count). The van der Waals surface area contributed by atoms with E-state index in [9.17, 15) is 13.2 Å². The van der Waals surface area contributed by atoms with Crippen LogP contribution in [-0.4, -0.2) is 33.7 Å². The summed E-state index contributed by atoms with van der Waals surface area (Å²) in [4.78, 5) is 12.5. The third kappa shape index (κ3) is 5.76. The predicted octanol–water partition coefficient (Wildman–Crippen LogP) is 4.19. The van der Waals surface area contributed by atoms with Crippen LogP contribution in [-0.2, 0) is 14.8 Å². The van der Waals surface area contributed by atoms with Crippen LogP contribution in [0.2, 0.25) is 10.0 Å². The van der Waals surface area contributed by atoms with E-state index < -0.39 is 16.1 Å². The molecule has 1 atom stereocenters. The molecule has 2 aromatic carbocycles. The Morgan fingerprint density at radius 3 is 2.30 bits per heavy atom. The van der Waals surface area contributed by atoms with E-state index in [-0.39, 0.29) is 5.91 Å². The SMILES string of the molecule is CC[C@@H](Oc1ccc(N(C)S(C)(=O)=O)cc1)C(=O)Nc1ccc(Cl)c(Cl)c1. The summed E-state index contributed by atoms with van der Waals surface area (Å²) in [7, 11) is -1.88. The Morgan fingerprint density at radius 1 is 1.15 bits per heavy atom. The van der Waals surface area contributed by atoms with Gasteiger partial charge < -0.3 is 10.1 Å². The molecule has 0 aliphatic rings. The number of ether oxygens (including phenoxy) is 1. The second-order valence-corrected chi connectivity index (χ2v) is 8.69. The van der Waals surface area contributed by atoms with E-state index in [1.165, 1.54) is 7.05 Å². The van der Waals surface area contributed by atoms with Crippen molar-refractivity contribution in [2.45, 2.75) is 19.4 Å². The maximum atomic E-state index is 12.5. The monoisotopic (exact) mass is 430 g/mol. The lowest BCUT2D eigenvalue weighted by Crippen LogP contribution is -2.32. The van der Waals surface area contributed by atoms with Gasteiger partial charge in [0.1, 0.15) is 5.75 Å². The Labute approximate surface area is 169 Å². The van der Waals surface area contributed by atoms with Gasteiger partial charge in [-0.05, 0) is 48.9 Å². The normalized spacial score (nSPS) is 12.3. The van der Waals surface area contributed by atoms with E-state index in [1.807, 2.05) is 6.92 Å². The smallest absolute Gasteiger partial charge is 0.265 e. The van der Waals surface area contributed by atoms with Gasteiger partial charge in [0.05, 0.1) is 22.0 Å². The molecule has 1 amide bonds. The number of anilines is 2. The van der Waals surface area contributed by atoms with E-state index in [0.717, 1.165) is 10.6 Å². The van der Waals surface area contributed by atoms with Gasteiger partial charge >= 0.3 is 0 Å². The summed E-state index contributed by atoms with van der Waals surface area (Å²) in [6.45, 7) is 1.82. The van der Waals surface area contributed by atoms with Crippen LogP contribution in [0.1, 0.15) is 13.3 Å². The van der Waals surface area contributed by atoms with Crippen LogP contribution in [0.4, 0.5) is 11.4 Å². The molecule has 0 bridgehead atoms. The summed E-state index contributed by atoms with van der Waals surface area (Å²) < 4.78 is 30.0. The van der Waals surface area contributed by atoms with E-state index in [2.05, 4.69) is 5.32 Å². The third-order valence-electron chi connectivity index (χ3n) is 3.83. The fourth-order valence-corrected chi connectivity index (χ4v) is 3.01. The van der Waals surface area contributed by atoms with E-state index in [4.69, 9.17) is 27.9 Å². The lowest BCUT2D eigenvalue weighted by atomic mass is 10.2. The molecule has 2 aromatic rings. The van der Waals surface area contributed by atoms with Crippen molar-refractivity contribution in [2.24, 2.45) is 0 Å². The minimum Gasteiger partial charge on any atom is -0.481 e. The molecule has 0 aromatic heterocycles. The number of carbonyl (C=O) groups is 1. The van der Waals surface area contributed by atoms with Crippen molar-refractivity contribution in [1.29, 1.82) is 0 Å². The van der Waals surface area contributed by atoms with Crippen LogP contribution in [0.5, 0.6) is 5.75 Å². The van der Waals surface area contributed by atoms with Gasteiger partial charge in [-0.1, -0.05) is 30.1 Å². The number of hydrogen-bond donors (Lipinski definition) is 1. The number of nitrogens with zero attached hydrogens (tertiary/aromatic N) is 1. The first-order valence-corrected chi connectivity index (χ1v) is 10.7. The van der Waals surface area contributed by atoms with Crippen molar-refractivity contribution < 1.29 is 17.9 Å². The second-order valence-electron chi connectivity index (χ2n) is 5.86. The lowest BCUT2D eigenvalue weighted by Gasteiger charge is -2.19. The van der Waals surface area contributed by atoms with Crippen LogP contribution < -0.4 is 14.4 Å². The highest BCUT2D eigenvalue weighted by atomic mass is 35.5. The molecule has 0 heterocycles. The molecule has 0 saturated heterocycles. The average Bonchev–Trinajstić information content (AvgIpc) is 2.61. The van der Waals surface area contributed by atoms with Gasteiger partial charge in [-0.25, -0.2) is 8.42 Å². The molecular weight excluding hydrogens is 411 g/mol. The Morgan fingerprint density at radius 2 is 1.78 bits per heavy atom. The first-order chi connectivity index (χ1) is 12.6. The highest BCUT2D eigenvalue weighted by Crippen LogP contribution is 2.26. The first kappa shape index (κ1) is 21.3. The van der Waals surface area contributed by atoms with Crippen molar-refractivity contribution in [3.63, 3.8) is 0 Å². The minimum absolute atomic E-state index is 0.326. The summed E-state index contributed by atoms with van der Waals surface area (Å²) in [6.07, 6.45) is 0.841. The average molecular weight is 431 g/mol. The number of halogens is 2. The summed E-state index contributed by atoms with van der Waals surface area (Å²) in [5.74, 6) is 0.130. The molecule has 9 heteroatoms. The van der Waals surface area contributed by atoms with Crippen molar-refractivity contribution in [3.8, 4) is 5.75 Å². The van der Waals surface area contributed by atoms with Gasteiger partial charge in [0.2, 0.25) is 10.0 Å². The number of sulfonamides is 1. The van der Waals surface area contributed by atoms with Gasteiger partial charge in [-0.2, -0.15) is 0 Å². The zero-order valence-electron chi connectivity index (χ0n) is 15.1. The molecular formula is C18H20Cl2N2O4S. The van der Waals surface area contributed by atoms with Crippen LogP contribution in [0.25, 0.3) is 0 Å². The summed E-state index contributed by atoms with van der Waals surface area (Å²) in [6, 6.07) is 11.3. The third-order valence-corrected chi connectivity index (χ3v) is 5.77. The number of hydrogen-bond acceptors (Lipinski definition) is 4. The number of carbonyl (C=O) groups excluding carboxylic acids is 1. The lowest BCUT2D eigenvalue weighted by molar-refractivity contribution is -0.122. The number of nitrogens with one attached hydrogen (secondary N) is 1. The Hall–Kier alpha value is -1.96. The molecule has 146 valence electrons. The molecule has 0 saturated carbocycles. The minimum atomic E-state index is -3.34. The molecule has 6 nitrogen and oxygen atoms in total. The molecule has 0 radical (unpaired) electrons. The van der Waals surface area contributed by atoms with Gasteiger partial charge in [-0.3, -0.25) is 9.10 Å². The van der Waals surface area contributed by atoms with Crippen molar-refractivity contribution in [1.82, 2.24) is 0 Å². The highest BCUT2D eigenvalue weighted by Gasteiger charge is 2.19. The van der Waals surface area contributed by atoms with Gasteiger partial charge in [0.15, 0.2) is 6.10 Å². The van der Waals surface area contributed by atoms with Crippen LogP contribution in [0, 0.1) is 0 Å². The zero-order chi connectivity index (χ0) is 20.2. The van der Waals surface area contributed by atoms with Crippen molar-refractivity contribution in [3.05, 3.63) is 52.5 Å². The topological polar surface area (TPSA) is 75.7 Å². The quantitative estimate of drug-likeness (QED) is 0.714. The Bertz CT molecular complexity index is 917. The van der Waals surface area contributed by atoms with Gasteiger partial charge in [0.25, 0.3) is 5.91 Å². The molecule has 0 aliphatic carbocycles. The summed E-state index contributed by atoms with van der Waals surface area (Å²) in [5.41, 5.74) is 1.01. The Balaban J connectivity index is 2.07. The summed E-state index contributed by atoms with van der Waals surface area (Å²) in [5, 5.41) is 3.48. The van der Waals surface area contributed by atoms with Gasteiger partial charge in [-0.15, -0.1) is 0 Å². The second kappa shape index (κ2) is 8.82. The first-order valence-electron chi connectivity index (χ1n) is 8.08. The molecule has 0 fully saturated rings. The number of rotatable bonds is 7. The van der Waals surface area contributed by atoms with Crippen LogP contribution >= 0.6 is 23.2 Å². The predicted molar refractivity (Wildman–Crippen MR) is 109 cm³/mol. The number of amides is 1.